The van der Waals surface area contributed by atoms with Crippen molar-refractivity contribution in [3.63, 3.8) is 0 Å². The number of thioether (sulfide) groups is 1. The van der Waals surface area contributed by atoms with Gasteiger partial charge >= 0.3 is 12.1 Å². The van der Waals surface area contributed by atoms with Crippen LogP contribution in [0.3, 0.4) is 0 Å². The van der Waals surface area contributed by atoms with Crippen molar-refractivity contribution in [2.24, 2.45) is 0 Å². The number of halogens is 2. The van der Waals surface area contributed by atoms with Gasteiger partial charge < -0.3 is 15.2 Å². The average molecular weight is 442 g/mol. The van der Waals surface area contributed by atoms with Crippen molar-refractivity contribution in [2.75, 3.05) is 5.75 Å². The second-order valence-corrected chi connectivity index (χ2v) is 7.15. The highest BCUT2D eigenvalue weighted by molar-refractivity contribution is 9.10. The second kappa shape index (κ2) is 10.2. The molecule has 138 valence electrons. The fraction of sp³-hybridized carbons (Fsp3) is 0.222. The van der Waals surface area contributed by atoms with Crippen molar-refractivity contribution >= 4 is 39.8 Å². The molecule has 0 bridgehead atoms. The molecule has 0 fully saturated rings. The predicted octanol–water partition coefficient (Wildman–Crippen LogP) is 4.20. The Kier molecular flexibility index (Phi) is 7.93. The number of benzene rings is 2. The summed E-state index contributed by atoms with van der Waals surface area (Å²) < 4.78 is 18.9. The second-order valence-electron chi connectivity index (χ2n) is 5.32. The number of hydrogen-bond acceptors (Lipinski definition) is 4. The summed E-state index contributed by atoms with van der Waals surface area (Å²) in [7, 11) is 0. The third-order valence-electron chi connectivity index (χ3n) is 3.38. The fourth-order valence-electron chi connectivity index (χ4n) is 2.03. The number of rotatable bonds is 8. The van der Waals surface area contributed by atoms with Gasteiger partial charge in [0.05, 0.1) is 4.47 Å². The largest absolute Gasteiger partial charge is 0.480 e. The zero-order valence-electron chi connectivity index (χ0n) is 13.7. The van der Waals surface area contributed by atoms with Crippen molar-refractivity contribution in [1.82, 2.24) is 5.32 Å². The SMILES string of the molecule is O=C(NC(CSCc1cccc(F)c1Br)C(=O)O)OCc1ccccc1. The molecule has 0 radical (unpaired) electrons. The summed E-state index contributed by atoms with van der Waals surface area (Å²) in [6.45, 7) is 0.0579. The molecule has 0 saturated heterocycles. The lowest BCUT2D eigenvalue weighted by molar-refractivity contribution is -0.138. The van der Waals surface area contributed by atoms with Crippen molar-refractivity contribution in [3.05, 3.63) is 69.9 Å². The first kappa shape index (κ1) is 20.3. The standard InChI is InChI=1S/C18H17BrFNO4S/c19-16-13(7-4-8-14(16)20)10-26-11-15(17(22)23)21-18(24)25-9-12-5-2-1-3-6-12/h1-8,15H,9-11H2,(H,21,24)(H,22,23). The van der Waals surface area contributed by atoms with Gasteiger partial charge in [-0.3, -0.25) is 0 Å². The number of amides is 1. The first-order chi connectivity index (χ1) is 12.5. The summed E-state index contributed by atoms with van der Waals surface area (Å²) >= 11 is 4.44. The third-order valence-corrected chi connectivity index (χ3v) is 5.35. The van der Waals surface area contributed by atoms with E-state index in [1.54, 1.807) is 24.3 Å². The van der Waals surface area contributed by atoms with Gasteiger partial charge in [-0.05, 0) is 33.1 Å². The zero-order chi connectivity index (χ0) is 18.9. The Morgan fingerprint density at radius 2 is 1.92 bits per heavy atom. The fourth-order valence-corrected chi connectivity index (χ4v) is 3.66. The van der Waals surface area contributed by atoms with Gasteiger partial charge in [0.25, 0.3) is 0 Å². The van der Waals surface area contributed by atoms with Gasteiger partial charge in [-0.15, -0.1) is 0 Å². The van der Waals surface area contributed by atoms with Crippen LogP contribution in [0.1, 0.15) is 11.1 Å². The van der Waals surface area contributed by atoms with E-state index in [1.807, 2.05) is 18.2 Å². The Labute approximate surface area is 163 Å². The van der Waals surface area contributed by atoms with Crippen LogP contribution in [0, 0.1) is 5.82 Å². The number of ether oxygens (including phenoxy) is 1. The van der Waals surface area contributed by atoms with Crippen molar-refractivity contribution in [1.29, 1.82) is 0 Å². The molecule has 0 aromatic heterocycles. The van der Waals surface area contributed by atoms with Gasteiger partial charge in [-0.2, -0.15) is 11.8 Å². The molecule has 1 amide bonds. The molecule has 26 heavy (non-hydrogen) atoms. The first-order valence-corrected chi connectivity index (χ1v) is 9.63. The summed E-state index contributed by atoms with van der Waals surface area (Å²) in [6, 6.07) is 12.6. The first-order valence-electron chi connectivity index (χ1n) is 7.68. The molecule has 1 unspecified atom stereocenters. The number of carbonyl (C=O) groups excluding carboxylic acids is 1. The van der Waals surface area contributed by atoms with Crippen LogP contribution in [0.25, 0.3) is 0 Å². The van der Waals surface area contributed by atoms with Crippen LogP contribution >= 0.6 is 27.7 Å². The van der Waals surface area contributed by atoms with Crippen LogP contribution in [0.15, 0.2) is 53.0 Å². The van der Waals surface area contributed by atoms with Gasteiger partial charge in [0.2, 0.25) is 0 Å². The molecule has 5 nitrogen and oxygen atoms in total. The Morgan fingerprint density at radius 3 is 2.62 bits per heavy atom. The zero-order valence-corrected chi connectivity index (χ0v) is 16.1. The number of carbonyl (C=O) groups is 2. The number of carboxylic acids is 1. The number of carboxylic acid groups (broad SMARTS) is 1. The minimum Gasteiger partial charge on any atom is -0.480 e. The van der Waals surface area contributed by atoms with E-state index in [9.17, 15) is 19.1 Å². The molecule has 0 aliphatic carbocycles. The molecule has 0 aliphatic heterocycles. The molecular formula is C18H17BrFNO4S. The molecule has 8 heteroatoms. The van der Waals surface area contributed by atoms with Crippen LogP contribution < -0.4 is 5.32 Å². The Bertz CT molecular complexity index is 760. The van der Waals surface area contributed by atoms with Gasteiger partial charge in [0.15, 0.2) is 0 Å². The number of nitrogens with one attached hydrogen (secondary N) is 1. The molecule has 0 aliphatic rings. The molecular weight excluding hydrogens is 425 g/mol. The smallest absolute Gasteiger partial charge is 0.408 e. The van der Waals surface area contributed by atoms with E-state index in [2.05, 4.69) is 21.2 Å². The maximum Gasteiger partial charge on any atom is 0.408 e. The number of alkyl carbamates (subject to hydrolysis) is 1. The molecule has 2 N–H and O–H groups in total. The minimum atomic E-state index is -1.16. The van der Waals surface area contributed by atoms with Crippen LogP contribution in [0.2, 0.25) is 0 Å². The Balaban J connectivity index is 1.81. The third kappa shape index (κ3) is 6.34. The van der Waals surface area contributed by atoms with E-state index in [0.29, 0.717) is 15.8 Å². The summed E-state index contributed by atoms with van der Waals surface area (Å²) in [5.74, 6) is -1.00. The van der Waals surface area contributed by atoms with Gasteiger partial charge in [-0.1, -0.05) is 42.5 Å². The van der Waals surface area contributed by atoms with Crippen LogP contribution in [-0.2, 0) is 21.9 Å². The average Bonchev–Trinajstić information content (AvgIpc) is 2.63. The van der Waals surface area contributed by atoms with E-state index in [0.717, 1.165) is 5.56 Å². The van der Waals surface area contributed by atoms with Crippen molar-refractivity contribution < 1.29 is 23.8 Å². The maximum absolute atomic E-state index is 13.5. The maximum atomic E-state index is 13.5. The molecule has 0 spiro atoms. The van der Waals surface area contributed by atoms with E-state index in [4.69, 9.17) is 4.74 Å². The van der Waals surface area contributed by atoms with E-state index in [-0.39, 0.29) is 18.2 Å². The minimum absolute atomic E-state index is 0.0579. The Hall–Kier alpha value is -2.06. The summed E-state index contributed by atoms with van der Waals surface area (Å²) in [5, 5.41) is 11.6. The topological polar surface area (TPSA) is 75.6 Å². The van der Waals surface area contributed by atoms with Gasteiger partial charge in [-0.25, -0.2) is 14.0 Å². The molecule has 0 saturated carbocycles. The van der Waals surface area contributed by atoms with Crippen LogP contribution in [-0.4, -0.2) is 29.0 Å². The highest BCUT2D eigenvalue weighted by Crippen LogP contribution is 2.24. The molecule has 1 atom stereocenters. The number of aliphatic carboxylic acids is 1. The molecule has 2 aromatic carbocycles. The predicted molar refractivity (Wildman–Crippen MR) is 101 cm³/mol. The van der Waals surface area contributed by atoms with Crippen LogP contribution in [0.5, 0.6) is 0 Å². The lowest BCUT2D eigenvalue weighted by atomic mass is 10.2. The van der Waals surface area contributed by atoms with Crippen molar-refractivity contribution in [2.45, 2.75) is 18.4 Å². The summed E-state index contributed by atoms with van der Waals surface area (Å²) in [4.78, 5) is 23.1. The molecule has 2 aromatic rings. The normalized spacial score (nSPS) is 11.6. The van der Waals surface area contributed by atoms with E-state index in [1.165, 1.54) is 17.8 Å². The summed E-state index contributed by atoms with van der Waals surface area (Å²) in [5.41, 5.74) is 1.52. The van der Waals surface area contributed by atoms with Crippen LogP contribution in [0.4, 0.5) is 9.18 Å². The quantitative estimate of drug-likeness (QED) is 0.641. The Morgan fingerprint density at radius 1 is 1.19 bits per heavy atom. The van der Waals surface area contributed by atoms with Gasteiger partial charge in [0, 0.05) is 11.5 Å². The monoisotopic (exact) mass is 441 g/mol. The van der Waals surface area contributed by atoms with E-state index >= 15 is 0 Å². The lowest BCUT2D eigenvalue weighted by Gasteiger charge is -2.14. The number of hydrogen-bond donors (Lipinski definition) is 2. The lowest BCUT2D eigenvalue weighted by Crippen LogP contribution is -2.42. The van der Waals surface area contributed by atoms with Gasteiger partial charge in [0.1, 0.15) is 18.5 Å². The van der Waals surface area contributed by atoms with E-state index < -0.39 is 18.1 Å². The molecule has 0 heterocycles. The highest BCUT2D eigenvalue weighted by Gasteiger charge is 2.21. The summed E-state index contributed by atoms with van der Waals surface area (Å²) in [6.07, 6.45) is -0.797. The highest BCUT2D eigenvalue weighted by atomic mass is 79.9. The van der Waals surface area contributed by atoms with Crippen molar-refractivity contribution in [3.8, 4) is 0 Å². The molecule has 2 rings (SSSR count).